The Labute approximate surface area is 384 Å². The lowest BCUT2D eigenvalue weighted by molar-refractivity contribution is -0.141. The van der Waals surface area contributed by atoms with Crippen LogP contribution in [0.3, 0.4) is 0 Å². The number of halogens is 1. The molecule has 2 atom stereocenters. The van der Waals surface area contributed by atoms with E-state index >= 15 is 0 Å². The van der Waals surface area contributed by atoms with E-state index in [4.69, 9.17) is 5.11 Å². The molecule has 23 nitrogen and oxygen atoms in total. The molecule has 9 N–H and O–H groups in total. The van der Waals surface area contributed by atoms with Crippen LogP contribution in [0.2, 0.25) is 0 Å². The highest BCUT2D eigenvalue weighted by atomic mass is 127. The number of aliphatic carboxylic acids is 6. The highest BCUT2D eigenvalue weighted by molar-refractivity contribution is 14.1. The minimum absolute atomic E-state index is 0.0349. The molecule has 0 saturated carbocycles. The van der Waals surface area contributed by atoms with Crippen LogP contribution in [0.25, 0.3) is 0 Å². The number of amides is 4. The number of carbonyl (C=O) groups is 9. The molecule has 1 aromatic rings. The van der Waals surface area contributed by atoms with Gasteiger partial charge < -0.3 is 51.5 Å². The molecule has 0 bridgehead atoms. The number of benzene rings is 1. The molecule has 358 valence electrons. The molecule has 1 aliphatic heterocycles. The Kier molecular flexibility index (Phi) is 25.8. The maximum atomic E-state index is 13.5. The lowest BCUT2D eigenvalue weighted by atomic mass is 10.1. The Morgan fingerprint density at radius 3 is 1.45 bits per heavy atom. The van der Waals surface area contributed by atoms with Crippen molar-refractivity contribution in [3.63, 3.8) is 0 Å². The summed E-state index contributed by atoms with van der Waals surface area (Å²) in [7, 11) is 0. The third kappa shape index (κ3) is 24.6. The quantitative estimate of drug-likeness (QED) is 0.0401. The summed E-state index contributed by atoms with van der Waals surface area (Å²) < 4.78 is 1.00. The molecule has 24 heteroatoms. The van der Waals surface area contributed by atoms with Crippen molar-refractivity contribution in [1.82, 2.24) is 40.4 Å². The third-order valence-corrected chi connectivity index (χ3v) is 10.9. The first-order valence-corrected chi connectivity index (χ1v) is 22.0. The second-order valence-electron chi connectivity index (χ2n) is 15.4. The van der Waals surface area contributed by atoms with E-state index in [9.17, 15) is 68.7 Å². The molecule has 64 heavy (non-hydrogen) atoms. The van der Waals surface area contributed by atoms with Gasteiger partial charge in [-0.15, -0.1) is 0 Å². The highest BCUT2D eigenvalue weighted by Crippen LogP contribution is 2.14. The zero-order valence-corrected chi connectivity index (χ0v) is 37.9. The number of urea groups is 1. The van der Waals surface area contributed by atoms with Gasteiger partial charge in [-0.05, 0) is 78.8 Å². The van der Waals surface area contributed by atoms with Gasteiger partial charge in [0.2, 0.25) is 11.8 Å². The number of rotatable bonds is 27. The first kappa shape index (κ1) is 55.0. The zero-order valence-electron chi connectivity index (χ0n) is 35.7. The monoisotopic (exact) mass is 1020 g/mol. The Hall–Kier alpha value is -5.18. The van der Waals surface area contributed by atoms with Crippen LogP contribution in [0, 0.1) is 3.57 Å². The molecule has 1 fully saturated rings. The summed E-state index contributed by atoms with van der Waals surface area (Å²) in [6.07, 6.45) is 0.748. The van der Waals surface area contributed by atoms with E-state index in [-0.39, 0.29) is 129 Å². The summed E-state index contributed by atoms with van der Waals surface area (Å²) in [6.45, 7) is 2.02. The fraction of sp³-hybridized carbons (Fsp3) is 0.625. The minimum atomic E-state index is -1.54. The molecule has 1 aromatic carbocycles. The third-order valence-electron chi connectivity index (χ3n) is 10.2. The van der Waals surface area contributed by atoms with Crippen LogP contribution in [-0.2, 0) is 44.9 Å². The number of nitrogens with zero attached hydrogens (tertiary/aromatic N) is 5. The molecule has 1 unspecified atom stereocenters. The van der Waals surface area contributed by atoms with E-state index in [2.05, 4.69) is 38.5 Å². The fourth-order valence-electron chi connectivity index (χ4n) is 6.73. The first-order chi connectivity index (χ1) is 30.3. The molecule has 0 radical (unpaired) electrons. The maximum absolute atomic E-state index is 13.5. The van der Waals surface area contributed by atoms with Crippen molar-refractivity contribution in [2.75, 3.05) is 91.6 Å². The van der Waals surface area contributed by atoms with Crippen LogP contribution in [0.5, 0.6) is 0 Å². The van der Waals surface area contributed by atoms with E-state index in [1.807, 2.05) is 29.2 Å². The van der Waals surface area contributed by atoms with Gasteiger partial charge >= 0.3 is 41.8 Å². The molecule has 4 amide bonds. The lowest BCUT2D eigenvalue weighted by Crippen LogP contribution is -2.51. The van der Waals surface area contributed by atoms with Crippen molar-refractivity contribution in [2.45, 2.75) is 70.0 Å². The van der Waals surface area contributed by atoms with E-state index in [0.717, 1.165) is 9.13 Å². The van der Waals surface area contributed by atoms with Gasteiger partial charge in [-0.3, -0.25) is 48.4 Å². The van der Waals surface area contributed by atoms with Gasteiger partial charge in [0.15, 0.2) is 0 Å². The number of unbranched alkanes of at least 4 members (excludes halogenated alkanes) is 2. The summed E-state index contributed by atoms with van der Waals surface area (Å²) in [6, 6.07) is 3.60. The van der Waals surface area contributed by atoms with Crippen molar-refractivity contribution in [2.24, 2.45) is 0 Å². The van der Waals surface area contributed by atoms with E-state index < -0.39 is 66.8 Å². The SMILES string of the molecule is O=C(O)CCC(NC(=O)N[C@@H](CCCCN(Cc1ccc(I)cc1)C(=O)CCCCNC(=O)CN1CCN(CC(=O)O)CCN(CC(=O)O)CCN(CC(=O)O)CC1)C(=O)O)C(=O)O. The van der Waals surface area contributed by atoms with Gasteiger partial charge in [0.1, 0.15) is 12.1 Å². The van der Waals surface area contributed by atoms with Crippen molar-refractivity contribution in [1.29, 1.82) is 0 Å². The molecule has 0 spiro atoms. The molecular formula is C40H61IN8O15. The molecule has 1 aliphatic rings. The van der Waals surface area contributed by atoms with Crippen LogP contribution in [0.1, 0.15) is 56.9 Å². The second-order valence-corrected chi connectivity index (χ2v) is 16.6. The van der Waals surface area contributed by atoms with Gasteiger partial charge in [0.05, 0.1) is 26.2 Å². The Morgan fingerprint density at radius 1 is 0.562 bits per heavy atom. The largest absolute Gasteiger partial charge is 0.481 e. The Morgan fingerprint density at radius 2 is 1.02 bits per heavy atom. The summed E-state index contributed by atoms with van der Waals surface area (Å²) in [5.41, 5.74) is 0.873. The Balaban J connectivity index is 1.96. The van der Waals surface area contributed by atoms with Crippen molar-refractivity contribution in [3.8, 4) is 0 Å². The zero-order chi connectivity index (χ0) is 47.6. The lowest BCUT2D eigenvalue weighted by Gasteiger charge is -2.32. The van der Waals surface area contributed by atoms with Gasteiger partial charge in [-0.2, -0.15) is 0 Å². The number of carbonyl (C=O) groups excluding carboxylic acids is 3. The number of carboxylic acids is 6. The van der Waals surface area contributed by atoms with E-state index in [1.54, 1.807) is 19.6 Å². The second kappa shape index (κ2) is 30.0. The van der Waals surface area contributed by atoms with Crippen LogP contribution >= 0.6 is 22.6 Å². The smallest absolute Gasteiger partial charge is 0.326 e. The predicted octanol–water partition coefficient (Wildman–Crippen LogP) is -0.378. The average Bonchev–Trinajstić information content (AvgIpc) is 3.20. The summed E-state index contributed by atoms with van der Waals surface area (Å²) in [5.74, 6) is -7.74. The summed E-state index contributed by atoms with van der Waals surface area (Å²) in [4.78, 5) is 116. The highest BCUT2D eigenvalue weighted by Gasteiger charge is 2.26. The Bertz CT molecular complexity index is 1690. The number of hydrogen-bond acceptors (Lipinski definition) is 13. The normalized spacial score (nSPS) is 15.6. The molecule has 1 heterocycles. The van der Waals surface area contributed by atoms with Crippen LogP contribution < -0.4 is 16.0 Å². The van der Waals surface area contributed by atoms with Gasteiger partial charge in [-0.25, -0.2) is 14.4 Å². The number of nitrogens with one attached hydrogen (secondary N) is 3. The first-order valence-electron chi connectivity index (χ1n) is 20.9. The standard InChI is InChI=1S/C40H61IN8O15/c41-29-9-7-28(8-10-29)23-49(14-4-2-5-30(38(60)61)43-40(64)44-31(39(62)63)11-12-34(52)53)33(51)6-1-3-13-42-32(50)24-45-15-17-46(25-35(54)55)19-21-48(27-37(58)59)22-20-47(18-16-45)26-36(56)57/h7-10,30-31H,1-6,11-27H2,(H,42,50)(H,52,53)(H,54,55)(H,56,57)(H,58,59)(H,60,61)(H,62,63)(H2,43,44,64)/t30-,31?/m0/s1. The summed E-state index contributed by atoms with van der Waals surface area (Å²) >= 11 is 2.17. The fourth-order valence-corrected chi connectivity index (χ4v) is 7.08. The van der Waals surface area contributed by atoms with Crippen LogP contribution in [-0.4, -0.2) is 213 Å². The summed E-state index contributed by atoms with van der Waals surface area (Å²) in [5, 5.41) is 63.3. The van der Waals surface area contributed by atoms with E-state index in [0.29, 0.717) is 19.3 Å². The van der Waals surface area contributed by atoms with Gasteiger partial charge in [0, 0.05) is 88.4 Å². The minimum Gasteiger partial charge on any atom is -0.481 e. The molecule has 0 aromatic heterocycles. The van der Waals surface area contributed by atoms with Gasteiger partial charge in [0.25, 0.3) is 0 Å². The molecular weight excluding hydrogens is 959 g/mol. The van der Waals surface area contributed by atoms with Crippen LogP contribution in [0.4, 0.5) is 4.79 Å². The molecule has 1 saturated heterocycles. The topological polar surface area (TPSA) is 327 Å². The van der Waals surface area contributed by atoms with Crippen molar-refractivity contribution >= 4 is 76.3 Å². The number of hydrogen-bond donors (Lipinski definition) is 9. The van der Waals surface area contributed by atoms with E-state index in [1.165, 1.54) is 0 Å². The van der Waals surface area contributed by atoms with Crippen molar-refractivity contribution in [3.05, 3.63) is 33.4 Å². The maximum Gasteiger partial charge on any atom is 0.326 e. The van der Waals surface area contributed by atoms with Gasteiger partial charge in [-0.1, -0.05) is 12.1 Å². The van der Waals surface area contributed by atoms with Crippen molar-refractivity contribution < 1.29 is 73.8 Å². The number of carboxylic acid groups (broad SMARTS) is 6. The predicted molar refractivity (Wildman–Crippen MR) is 235 cm³/mol. The molecule has 0 aliphatic carbocycles. The molecule has 2 rings (SSSR count). The average molecular weight is 1020 g/mol. The van der Waals surface area contributed by atoms with Crippen LogP contribution in [0.15, 0.2) is 24.3 Å².